The van der Waals surface area contributed by atoms with Crippen molar-refractivity contribution >= 4 is 38.9 Å². The fraction of sp³-hybridized carbons (Fsp3) is 0.296. The molecule has 0 bridgehead atoms. The van der Waals surface area contributed by atoms with Crippen molar-refractivity contribution in [3.63, 3.8) is 0 Å². The van der Waals surface area contributed by atoms with E-state index >= 15 is 0 Å². The molecule has 0 radical (unpaired) electrons. The summed E-state index contributed by atoms with van der Waals surface area (Å²) in [5, 5.41) is 5.30. The van der Waals surface area contributed by atoms with Crippen LogP contribution in [0.4, 0.5) is 14.5 Å². The summed E-state index contributed by atoms with van der Waals surface area (Å²) in [6.07, 6.45) is -0.857. The molecule has 38 heavy (non-hydrogen) atoms. The minimum absolute atomic E-state index is 0.0121. The number of alkyl halides is 2. The van der Waals surface area contributed by atoms with E-state index in [1.807, 2.05) is 19.1 Å². The van der Waals surface area contributed by atoms with Gasteiger partial charge in [0.05, 0.1) is 23.2 Å². The average molecular weight is 557 g/mol. The number of nitrogens with one attached hydrogen (secondary N) is 2. The zero-order chi connectivity index (χ0) is 27.0. The first-order valence-corrected chi connectivity index (χ1v) is 14.0. The highest BCUT2D eigenvalue weighted by atomic mass is 32.2. The third-order valence-corrected chi connectivity index (χ3v) is 9.28. The van der Waals surface area contributed by atoms with E-state index in [0.717, 1.165) is 11.1 Å². The monoisotopic (exact) mass is 556 g/mol. The molecule has 2 N–H and O–H groups in total. The first-order valence-electron chi connectivity index (χ1n) is 12.2. The summed E-state index contributed by atoms with van der Waals surface area (Å²) in [6, 6.07) is 14.7. The molecule has 5 rings (SSSR count). The van der Waals surface area contributed by atoms with Gasteiger partial charge in [-0.15, -0.1) is 0 Å². The van der Waals surface area contributed by atoms with Gasteiger partial charge >= 0.3 is 0 Å². The van der Waals surface area contributed by atoms with Crippen LogP contribution < -0.4 is 10.2 Å². The number of rotatable bonds is 6. The molecule has 1 fully saturated rings. The van der Waals surface area contributed by atoms with E-state index in [-0.39, 0.29) is 42.6 Å². The Morgan fingerprint density at radius 1 is 1.13 bits per heavy atom. The Kier molecular flexibility index (Phi) is 7.19. The Morgan fingerprint density at radius 3 is 2.58 bits per heavy atom. The summed E-state index contributed by atoms with van der Waals surface area (Å²) in [5.41, 5.74) is 3.22. The lowest BCUT2D eigenvalue weighted by Gasteiger charge is -2.40. The second-order valence-corrected chi connectivity index (χ2v) is 11.6. The number of aromatic amines is 1. The second-order valence-electron chi connectivity index (χ2n) is 9.49. The molecule has 7 nitrogen and oxygen atoms in total. The normalized spacial score (nSPS) is 20.3. The van der Waals surface area contributed by atoms with Crippen LogP contribution in [0.1, 0.15) is 46.1 Å². The Hall–Kier alpha value is -3.37. The number of anilines is 1. The van der Waals surface area contributed by atoms with Crippen molar-refractivity contribution in [2.45, 2.75) is 43.7 Å². The molecule has 0 aliphatic carbocycles. The maximum Gasteiger partial charge on any atom is 0.275 e. The number of nitrogens with zero attached hydrogens (tertiary/aromatic N) is 2. The number of hydrogen-bond acceptors (Lipinski definition) is 5. The molecule has 1 amide bonds. The van der Waals surface area contributed by atoms with Gasteiger partial charge in [0, 0.05) is 18.7 Å². The number of piperidine rings is 1. The van der Waals surface area contributed by atoms with Gasteiger partial charge in [-0.2, -0.15) is 4.31 Å². The molecule has 2 aliphatic heterocycles. The number of aromatic nitrogens is 1. The largest absolute Gasteiger partial charge is 0.355 e. The van der Waals surface area contributed by atoms with Gasteiger partial charge in [-0.05, 0) is 66.3 Å². The van der Waals surface area contributed by atoms with E-state index in [1.54, 1.807) is 53.6 Å². The maximum absolute atomic E-state index is 13.9. The van der Waals surface area contributed by atoms with Crippen molar-refractivity contribution < 1.29 is 22.0 Å². The van der Waals surface area contributed by atoms with Gasteiger partial charge in [0.1, 0.15) is 5.69 Å². The molecule has 3 heterocycles. The number of fused-ring (bicyclic) bond motifs is 1. The molecule has 0 spiro atoms. The molecule has 0 saturated carbocycles. The standard InChI is InChI=1S/C27H26F2N4O3S2/c1-17-6-8-20(9-7-17)38(35,36)33-13-11-18(26(28)29)14-23(33)21-5-3-2-4-19(21)15-32-22-10-12-30-25(22)27(34)31-24(32)16-37/h2-10,12,18,23,26,30H,11,13-15H2,1H3,(H,31,34). The van der Waals surface area contributed by atoms with Gasteiger partial charge in [-0.25, -0.2) is 17.2 Å². The van der Waals surface area contributed by atoms with Gasteiger partial charge in [0.25, 0.3) is 5.91 Å². The second kappa shape index (κ2) is 10.4. The third-order valence-electron chi connectivity index (χ3n) is 7.16. The SMILES string of the molecule is Cc1ccc(S(=O)(=O)N2CCC(C(F)F)CC2c2ccccc2CN2C(=C=S)NC(=O)c3[nH]ccc32)cc1. The van der Waals surface area contributed by atoms with Crippen LogP contribution in [0.5, 0.6) is 0 Å². The lowest BCUT2D eigenvalue weighted by Crippen LogP contribution is -2.43. The molecule has 2 unspecified atom stereocenters. The zero-order valence-electron chi connectivity index (χ0n) is 20.5. The van der Waals surface area contributed by atoms with Crippen LogP contribution in [0.25, 0.3) is 0 Å². The highest BCUT2D eigenvalue weighted by Gasteiger charge is 2.41. The number of sulfonamides is 1. The maximum atomic E-state index is 13.9. The number of thiocarbonyl (C=S) groups is 1. The Balaban J connectivity index is 1.57. The summed E-state index contributed by atoms with van der Waals surface area (Å²) in [5.74, 6) is -0.992. The molecule has 11 heteroatoms. The van der Waals surface area contributed by atoms with Crippen molar-refractivity contribution in [3.05, 3.63) is 89.0 Å². The van der Waals surface area contributed by atoms with Gasteiger partial charge in [0.2, 0.25) is 16.4 Å². The number of H-pyrrole nitrogens is 1. The summed E-state index contributed by atoms with van der Waals surface area (Å²) < 4.78 is 56.7. The van der Waals surface area contributed by atoms with E-state index in [1.165, 1.54) is 4.31 Å². The van der Waals surface area contributed by atoms with Gasteiger partial charge in [0.15, 0.2) is 5.82 Å². The quantitative estimate of drug-likeness (QED) is 0.421. The summed E-state index contributed by atoms with van der Waals surface area (Å²) in [6.45, 7) is 2.07. The number of aryl methyl sites for hydroxylation is 1. The van der Waals surface area contributed by atoms with Gasteiger partial charge < -0.3 is 9.88 Å². The zero-order valence-corrected chi connectivity index (χ0v) is 22.2. The Morgan fingerprint density at radius 2 is 1.87 bits per heavy atom. The van der Waals surface area contributed by atoms with Crippen molar-refractivity contribution in [1.82, 2.24) is 14.6 Å². The minimum Gasteiger partial charge on any atom is -0.355 e. The minimum atomic E-state index is -3.96. The molecule has 2 aromatic carbocycles. The average Bonchev–Trinajstić information content (AvgIpc) is 3.41. The first kappa shape index (κ1) is 26.2. The van der Waals surface area contributed by atoms with E-state index in [0.29, 0.717) is 16.9 Å². The summed E-state index contributed by atoms with van der Waals surface area (Å²) >= 11 is 5.03. The van der Waals surface area contributed by atoms with Crippen LogP contribution in [0.15, 0.2) is 71.5 Å². The van der Waals surface area contributed by atoms with Crippen molar-refractivity contribution in [1.29, 1.82) is 0 Å². The van der Waals surface area contributed by atoms with Gasteiger partial charge in [-0.3, -0.25) is 10.1 Å². The van der Waals surface area contributed by atoms with Crippen LogP contribution >= 0.6 is 12.2 Å². The molecule has 198 valence electrons. The fourth-order valence-corrected chi connectivity index (χ4v) is 6.95. The number of amides is 1. The van der Waals surface area contributed by atoms with E-state index in [9.17, 15) is 22.0 Å². The molecule has 2 aliphatic rings. The predicted molar refractivity (Wildman–Crippen MR) is 144 cm³/mol. The first-order chi connectivity index (χ1) is 18.2. The van der Waals surface area contributed by atoms with E-state index in [4.69, 9.17) is 12.2 Å². The number of carbonyl (C=O) groups is 1. The molecular formula is C27H26F2N4O3S2. The highest BCUT2D eigenvalue weighted by Crippen LogP contribution is 2.42. The molecule has 1 aromatic heterocycles. The van der Waals surface area contributed by atoms with Crippen LogP contribution in [0.3, 0.4) is 0 Å². The lowest BCUT2D eigenvalue weighted by atomic mass is 9.87. The molecule has 2 atom stereocenters. The number of carbonyl (C=O) groups excluding carboxylic acids is 1. The van der Waals surface area contributed by atoms with Crippen molar-refractivity contribution in [3.8, 4) is 0 Å². The molecular weight excluding hydrogens is 530 g/mol. The molecule has 3 aromatic rings. The summed E-state index contributed by atoms with van der Waals surface area (Å²) in [4.78, 5) is 17.2. The predicted octanol–water partition coefficient (Wildman–Crippen LogP) is 4.92. The van der Waals surface area contributed by atoms with Gasteiger partial charge in [-0.1, -0.05) is 42.0 Å². The Labute approximate surface area is 225 Å². The summed E-state index contributed by atoms with van der Waals surface area (Å²) in [7, 11) is -3.96. The number of hydrogen-bond donors (Lipinski definition) is 2. The highest BCUT2D eigenvalue weighted by molar-refractivity contribution is 7.89. The van der Waals surface area contributed by atoms with Crippen molar-refractivity contribution in [2.75, 3.05) is 11.4 Å². The topological polar surface area (TPSA) is 85.5 Å². The smallest absolute Gasteiger partial charge is 0.275 e. The number of benzene rings is 2. The fourth-order valence-electron chi connectivity index (χ4n) is 5.16. The Bertz CT molecular complexity index is 1520. The van der Waals surface area contributed by atoms with E-state index < -0.39 is 28.4 Å². The van der Waals surface area contributed by atoms with E-state index in [2.05, 4.69) is 15.3 Å². The van der Waals surface area contributed by atoms with Crippen LogP contribution in [-0.2, 0) is 16.6 Å². The van der Waals surface area contributed by atoms with Crippen LogP contribution in [0, 0.1) is 12.8 Å². The molecule has 1 saturated heterocycles. The third kappa shape index (κ3) is 4.78. The number of halogens is 2. The van der Waals surface area contributed by atoms with Crippen LogP contribution in [0.2, 0.25) is 0 Å². The van der Waals surface area contributed by atoms with Crippen molar-refractivity contribution in [2.24, 2.45) is 5.92 Å². The lowest BCUT2D eigenvalue weighted by molar-refractivity contribution is 0.0323. The van der Waals surface area contributed by atoms with Crippen LogP contribution in [-0.4, -0.2) is 41.6 Å².